The molecule has 0 unspecified atom stereocenters. The number of pyridine rings is 1. The Hall–Kier alpha value is -3.45. The second-order valence-electron chi connectivity index (χ2n) is 7.28. The Bertz CT molecular complexity index is 1170. The molecule has 1 aliphatic rings. The molecule has 1 aromatic carbocycles. The van der Waals surface area contributed by atoms with E-state index in [0.717, 1.165) is 30.9 Å². The number of fused-ring (bicyclic) bond motifs is 1. The zero-order valence-corrected chi connectivity index (χ0v) is 17.2. The van der Waals surface area contributed by atoms with E-state index >= 15 is 0 Å². The van der Waals surface area contributed by atoms with Crippen LogP contribution in [0.5, 0.6) is 0 Å². The molecule has 4 heterocycles. The highest BCUT2D eigenvalue weighted by Crippen LogP contribution is 2.28. The molecule has 1 aliphatic heterocycles. The van der Waals surface area contributed by atoms with Crippen molar-refractivity contribution in [3.8, 4) is 0 Å². The number of rotatable bonds is 5. The third kappa shape index (κ3) is 3.84. The summed E-state index contributed by atoms with van der Waals surface area (Å²) in [5.41, 5.74) is 4.45. The molecule has 0 bridgehead atoms. The van der Waals surface area contributed by atoms with Gasteiger partial charge < -0.3 is 9.47 Å². The van der Waals surface area contributed by atoms with Crippen molar-refractivity contribution in [2.75, 3.05) is 16.8 Å². The minimum Gasteiger partial charge on any atom is -0.351 e. The number of aromatic nitrogens is 3. The summed E-state index contributed by atoms with van der Waals surface area (Å²) in [6.45, 7) is 2.40. The predicted molar refractivity (Wildman–Crippen MR) is 119 cm³/mol. The fraction of sp³-hybridized carbons (Fsp3) is 0.174. The van der Waals surface area contributed by atoms with Crippen molar-refractivity contribution in [3.63, 3.8) is 0 Å². The summed E-state index contributed by atoms with van der Waals surface area (Å²) >= 11 is 1.46. The first-order valence-electron chi connectivity index (χ1n) is 9.89. The topological polar surface area (TPSA) is 63.1 Å². The molecule has 1 amide bonds. The van der Waals surface area contributed by atoms with Crippen LogP contribution in [-0.2, 0) is 19.5 Å². The molecule has 6 nitrogen and oxygen atoms in total. The van der Waals surface area contributed by atoms with Crippen LogP contribution in [0, 0.1) is 0 Å². The van der Waals surface area contributed by atoms with Gasteiger partial charge in [0.15, 0.2) is 5.13 Å². The molecule has 7 heteroatoms. The van der Waals surface area contributed by atoms with E-state index in [-0.39, 0.29) is 5.91 Å². The summed E-state index contributed by atoms with van der Waals surface area (Å²) in [7, 11) is 0. The van der Waals surface area contributed by atoms with E-state index in [0.29, 0.717) is 17.4 Å². The fourth-order valence-corrected chi connectivity index (χ4v) is 4.48. The average Bonchev–Trinajstić information content (AvgIpc) is 3.44. The summed E-state index contributed by atoms with van der Waals surface area (Å²) in [5.74, 6) is 0.760. The van der Waals surface area contributed by atoms with Crippen LogP contribution in [0.3, 0.4) is 0 Å². The SMILES string of the molecule is O=C(Nc1nc(N2CCc3ccccc3C2)cs1)c1cccn1Cc1ccncc1. The number of nitrogens with one attached hydrogen (secondary N) is 1. The summed E-state index contributed by atoms with van der Waals surface area (Å²) in [5, 5.41) is 5.59. The van der Waals surface area contributed by atoms with Gasteiger partial charge in [0.1, 0.15) is 11.5 Å². The van der Waals surface area contributed by atoms with Gasteiger partial charge in [0, 0.05) is 43.6 Å². The van der Waals surface area contributed by atoms with Crippen LogP contribution in [0.1, 0.15) is 27.2 Å². The molecule has 1 N–H and O–H groups in total. The number of hydrogen-bond acceptors (Lipinski definition) is 5. The Morgan fingerprint density at radius 1 is 1.07 bits per heavy atom. The first-order valence-corrected chi connectivity index (χ1v) is 10.8. The second kappa shape index (κ2) is 8.12. The second-order valence-corrected chi connectivity index (χ2v) is 8.14. The van der Waals surface area contributed by atoms with Crippen LogP contribution in [0.15, 0.2) is 72.5 Å². The van der Waals surface area contributed by atoms with Gasteiger partial charge in [-0.1, -0.05) is 24.3 Å². The predicted octanol–water partition coefficient (Wildman–Crippen LogP) is 4.20. The zero-order valence-electron chi connectivity index (χ0n) is 16.4. The molecule has 30 heavy (non-hydrogen) atoms. The molecule has 0 fully saturated rings. The number of carbonyl (C=O) groups excluding carboxylic acids is 1. The van der Waals surface area contributed by atoms with Crippen LogP contribution in [0.25, 0.3) is 0 Å². The number of thiazole rings is 1. The largest absolute Gasteiger partial charge is 0.351 e. The van der Waals surface area contributed by atoms with Gasteiger partial charge in [0.2, 0.25) is 0 Å². The summed E-state index contributed by atoms with van der Waals surface area (Å²) < 4.78 is 1.93. The van der Waals surface area contributed by atoms with Gasteiger partial charge in [-0.15, -0.1) is 11.3 Å². The number of amides is 1. The monoisotopic (exact) mass is 415 g/mol. The number of carbonyl (C=O) groups is 1. The Morgan fingerprint density at radius 2 is 1.90 bits per heavy atom. The van der Waals surface area contributed by atoms with Gasteiger partial charge in [0.25, 0.3) is 5.91 Å². The Balaban J connectivity index is 1.27. The molecular formula is C23H21N5OS. The maximum Gasteiger partial charge on any atom is 0.274 e. The quantitative estimate of drug-likeness (QED) is 0.531. The van der Waals surface area contributed by atoms with E-state index in [1.807, 2.05) is 40.4 Å². The van der Waals surface area contributed by atoms with Crippen molar-refractivity contribution in [1.29, 1.82) is 0 Å². The maximum atomic E-state index is 12.8. The molecular weight excluding hydrogens is 394 g/mol. The van der Waals surface area contributed by atoms with E-state index in [2.05, 4.69) is 44.5 Å². The molecule has 0 saturated heterocycles. The molecule has 3 aromatic heterocycles. The van der Waals surface area contributed by atoms with E-state index < -0.39 is 0 Å². The van der Waals surface area contributed by atoms with E-state index in [1.54, 1.807) is 12.4 Å². The summed E-state index contributed by atoms with van der Waals surface area (Å²) in [6.07, 6.45) is 6.44. The Morgan fingerprint density at radius 3 is 2.77 bits per heavy atom. The van der Waals surface area contributed by atoms with Crippen molar-refractivity contribution < 1.29 is 4.79 Å². The number of hydrogen-bond donors (Lipinski definition) is 1. The minimum absolute atomic E-state index is 0.154. The average molecular weight is 416 g/mol. The van der Waals surface area contributed by atoms with E-state index in [1.165, 1.54) is 22.5 Å². The smallest absolute Gasteiger partial charge is 0.274 e. The molecule has 0 spiro atoms. The maximum absolute atomic E-state index is 12.8. The Kier molecular flexibility index (Phi) is 5.03. The molecule has 0 aliphatic carbocycles. The lowest BCUT2D eigenvalue weighted by Gasteiger charge is -2.28. The molecule has 0 atom stereocenters. The van der Waals surface area contributed by atoms with Crippen molar-refractivity contribution in [1.82, 2.24) is 14.5 Å². The van der Waals surface area contributed by atoms with Gasteiger partial charge >= 0.3 is 0 Å². The van der Waals surface area contributed by atoms with Gasteiger partial charge in [0.05, 0.1) is 0 Å². The molecule has 0 saturated carbocycles. The van der Waals surface area contributed by atoms with Gasteiger partial charge in [-0.25, -0.2) is 4.98 Å². The molecule has 0 radical (unpaired) electrons. The summed E-state index contributed by atoms with van der Waals surface area (Å²) in [6, 6.07) is 16.2. The number of anilines is 2. The normalized spacial score (nSPS) is 13.1. The third-order valence-electron chi connectivity index (χ3n) is 5.33. The van der Waals surface area contributed by atoms with Crippen molar-refractivity contribution in [3.05, 3.63) is 94.9 Å². The van der Waals surface area contributed by atoms with Crippen LogP contribution < -0.4 is 10.2 Å². The van der Waals surface area contributed by atoms with Crippen molar-refractivity contribution in [2.45, 2.75) is 19.5 Å². The lowest BCUT2D eigenvalue weighted by molar-refractivity contribution is 0.101. The van der Waals surface area contributed by atoms with E-state index in [9.17, 15) is 4.79 Å². The highest BCUT2D eigenvalue weighted by molar-refractivity contribution is 7.14. The third-order valence-corrected chi connectivity index (χ3v) is 6.08. The lowest BCUT2D eigenvalue weighted by atomic mass is 10.0. The Labute approximate surface area is 178 Å². The van der Waals surface area contributed by atoms with Crippen LogP contribution in [0.2, 0.25) is 0 Å². The molecule has 4 aromatic rings. The summed E-state index contributed by atoms with van der Waals surface area (Å²) in [4.78, 5) is 23.8. The standard InChI is InChI=1S/C23H21N5OS/c29-22(20-6-3-12-27(20)14-17-7-10-24-11-8-17)26-23-25-21(16-30-23)28-13-9-18-4-1-2-5-19(18)15-28/h1-8,10-12,16H,9,13-15H2,(H,25,26,29). The van der Waals surface area contributed by atoms with Crippen LogP contribution in [0.4, 0.5) is 10.9 Å². The van der Waals surface area contributed by atoms with Gasteiger partial charge in [-0.05, 0) is 47.4 Å². The van der Waals surface area contributed by atoms with E-state index in [4.69, 9.17) is 0 Å². The highest BCUT2D eigenvalue weighted by Gasteiger charge is 2.19. The van der Waals surface area contributed by atoms with Crippen molar-refractivity contribution >= 4 is 28.2 Å². The first-order chi connectivity index (χ1) is 14.8. The fourth-order valence-electron chi connectivity index (χ4n) is 3.76. The van der Waals surface area contributed by atoms with Crippen LogP contribution >= 0.6 is 11.3 Å². The van der Waals surface area contributed by atoms with Gasteiger partial charge in [-0.2, -0.15) is 0 Å². The molecule has 5 rings (SSSR count). The number of nitrogens with zero attached hydrogens (tertiary/aromatic N) is 4. The van der Waals surface area contributed by atoms with Crippen LogP contribution in [-0.4, -0.2) is 27.0 Å². The highest BCUT2D eigenvalue weighted by atomic mass is 32.1. The number of benzene rings is 1. The lowest BCUT2D eigenvalue weighted by Crippen LogP contribution is -2.30. The minimum atomic E-state index is -0.154. The first kappa shape index (κ1) is 18.6. The van der Waals surface area contributed by atoms with Gasteiger partial charge in [-0.3, -0.25) is 15.1 Å². The molecule has 150 valence electrons. The van der Waals surface area contributed by atoms with Crippen molar-refractivity contribution in [2.24, 2.45) is 0 Å². The zero-order chi connectivity index (χ0) is 20.3.